The molecule has 5 nitrogen and oxygen atoms in total. The second-order valence-electron chi connectivity index (χ2n) is 6.48. The van der Waals surface area contributed by atoms with Crippen molar-refractivity contribution in [1.29, 1.82) is 0 Å². The third-order valence-electron chi connectivity index (χ3n) is 4.58. The molecule has 0 atom stereocenters. The SMILES string of the molecule is O=C(NCCc1ccccc1F)c1ccnc(C(=O)NC2CCCC2)c1. The maximum absolute atomic E-state index is 13.6. The van der Waals surface area contributed by atoms with E-state index < -0.39 is 0 Å². The van der Waals surface area contributed by atoms with Gasteiger partial charge in [-0.3, -0.25) is 14.6 Å². The predicted molar refractivity (Wildman–Crippen MR) is 96.4 cm³/mol. The van der Waals surface area contributed by atoms with Crippen molar-refractivity contribution in [1.82, 2.24) is 15.6 Å². The first kappa shape index (κ1) is 18.0. The molecule has 0 spiro atoms. The second kappa shape index (κ2) is 8.56. The van der Waals surface area contributed by atoms with Crippen molar-refractivity contribution in [3.05, 3.63) is 65.2 Å². The first-order valence-corrected chi connectivity index (χ1v) is 8.92. The summed E-state index contributed by atoms with van der Waals surface area (Å²) < 4.78 is 13.6. The van der Waals surface area contributed by atoms with Crippen LogP contribution in [0, 0.1) is 5.82 Å². The van der Waals surface area contributed by atoms with Crippen molar-refractivity contribution in [3.63, 3.8) is 0 Å². The molecule has 3 rings (SSSR count). The standard InChI is InChI=1S/C20H22FN3O2/c21-17-8-4-1-5-14(17)9-12-23-19(25)15-10-11-22-18(13-15)20(26)24-16-6-2-3-7-16/h1,4-5,8,10-11,13,16H,2-3,6-7,9,12H2,(H,23,25)(H,24,26). The van der Waals surface area contributed by atoms with Crippen LogP contribution < -0.4 is 10.6 Å². The van der Waals surface area contributed by atoms with Gasteiger partial charge in [0.2, 0.25) is 0 Å². The molecule has 2 amide bonds. The van der Waals surface area contributed by atoms with E-state index in [1.165, 1.54) is 18.3 Å². The first-order chi connectivity index (χ1) is 12.6. The Balaban J connectivity index is 1.55. The van der Waals surface area contributed by atoms with E-state index >= 15 is 0 Å². The van der Waals surface area contributed by atoms with Gasteiger partial charge < -0.3 is 10.6 Å². The quantitative estimate of drug-likeness (QED) is 0.837. The molecule has 0 bridgehead atoms. The molecule has 0 unspecified atom stereocenters. The molecule has 1 aliphatic rings. The summed E-state index contributed by atoms with van der Waals surface area (Å²) in [7, 11) is 0. The lowest BCUT2D eigenvalue weighted by Crippen LogP contribution is -2.33. The molecule has 0 aliphatic heterocycles. The average molecular weight is 355 g/mol. The van der Waals surface area contributed by atoms with E-state index in [1.54, 1.807) is 24.3 Å². The monoisotopic (exact) mass is 355 g/mol. The van der Waals surface area contributed by atoms with Crippen molar-refractivity contribution in [2.24, 2.45) is 0 Å². The molecule has 1 aliphatic carbocycles. The van der Waals surface area contributed by atoms with Crippen molar-refractivity contribution in [2.45, 2.75) is 38.1 Å². The van der Waals surface area contributed by atoms with E-state index in [9.17, 15) is 14.0 Å². The Morgan fingerprint density at radius 2 is 1.88 bits per heavy atom. The molecule has 6 heteroatoms. The van der Waals surface area contributed by atoms with Crippen LogP contribution in [-0.2, 0) is 6.42 Å². The third kappa shape index (κ3) is 4.65. The van der Waals surface area contributed by atoms with Gasteiger partial charge in [0.25, 0.3) is 11.8 Å². The minimum Gasteiger partial charge on any atom is -0.352 e. The van der Waals surface area contributed by atoms with Gasteiger partial charge in [0.05, 0.1) is 0 Å². The minimum absolute atomic E-state index is 0.197. The number of benzene rings is 1. The molecule has 2 aromatic rings. The lowest BCUT2D eigenvalue weighted by molar-refractivity contribution is 0.0933. The van der Waals surface area contributed by atoms with E-state index in [0.29, 0.717) is 24.1 Å². The van der Waals surface area contributed by atoms with Gasteiger partial charge in [-0.25, -0.2) is 4.39 Å². The van der Waals surface area contributed by atoms with Crippen LogP contribution in [0.25, 0.3) is 0 Å². The van der Waals surface area contributed by atoms with Crippen molar-refractivity contribution in [2.75, 3.05) is 6.54 Å². The number of rotatable bonds is 6. The smallest absolute Gasteiger partial charge is 0.270 e. The van der Waals surface area contributed by atoms with Crippen LogP contribution in [0.1, 0.15) is 52.1 Å². The number of pyridine rings is 1. The highest BCUT2D eigenvalue weighted by atomic mass is 19.1. The van der Waals surface area contributed by atoms with Gasteiger partial charge in [0, 0.05) is 24.3 Å². The summed E-state index contributed by atoms with van der Waals surface area (Å²) in [6.45, 7) is 0.311. The highest BCUT2D eigenvalue weighted by Gasteiger charge is 2.19. The lowest BCUT2D eigenvalue weighted by Gasteiger charge is -2.12. The Kier molecular flexibility index (Phi) is 5.94. The number of carbonyl (C=O) groups is 2. The van der Waals surface area contributed by atoms with Crippen molar-refractivity contribution < 1.29 is 14.0 Å². The fourth-order valence-electron chi connectivity index (χ4n) is 3.14. The van der Waals surface area contributed by atoms with Gasteiger partial charge in [-0.05, 0) is 43.0 Å². The molecule has 1 aromatic carbocycles. The number of aromatic nitrogens is 1. The van der Waals surface area contributed by atoms with Crippen LogP contribution in [0.5, 0.6) is 0 Å². The van der Waals surface area contributed by atoms with Crippen LogP contribution in [0.3, 0.4) is 0 Å². The first-order valence-electron chi connectivity index (χ1n) is 8.92. The van der Waals surface area contributed by atoms with Crippen LogP contribution in [0.2, 0.25) is 0 Å². The molecule has 1 aromatic heterocycles. The summed E-state index contributed by atoms with van der Waals surface area (Å²) in [5.41, 5.74) is 1.16. The van der Waals surface area contributed by atoms with Gasteiger partial charge in [-0.2, -0.15) is 0 Å². The van der Waals surface area contributed by atoms with Crippen LogP contribution in [-0.4, -0.2) is 29.4 Å². The Hall–Kier alpha value is -2.76. The summed E-state index contributed by atoms with van der Waals surface area (Å²) >= 11 is 0. The summed E-state index contributed by atoms with van der Waals surface area (Å²) in [4.78, 5) is 28.6. The Bertz CT molecular complexity index is 788. The highest BCUT2D eigenvalue weighted by Crippen LogP contribution is 2.18. The van der Waals surface area contributed by atoms with Crippen molar-refractivity contribution in [3.8, 4) is 0 Å². The molecular weight excluding hydrogens is 333 g/mol. The average Bonchev–Trinajstić information content (AvgIpc) is 3.16. The molecule has 1 saturated carbocycles. The topological polar surface area (TPSA) is 71.1 Å². The summed E-state index contributed by atoms with van der Waals surface area (Å²) in [5.74, 6) is -0.840. The molecule has 0 radical (unpaired) electrons. The van der Waals surface area contributed by atoms with Gasteiger partial charge >= 0.3 is 0 Å². The van der Waals surface area contributed by atoms with Crippen LogP contribution >= 0.6 is 0 Å². The molecule has 26 heavy (non-hydrogen) atoms. The number of nitrogens with zero attached hydrogens (tertiary/aromatic N) is 1. The maximum atomic E-state index is 13.6. The summed E-state index contributed by atoms with van der Waals surface area (Å²) in [6.07, 6.45) is 6.09. The fraction of sp³-hybridized carbons (Fsp3) is 0.350. The van der Waals surface area contributed by atoms with E-state index in [2.05, 4.69) is 15.6 Å². The zero-order chi connectivity index (χ0) is 18.4. The molecular formula is C20H22FN3O2. The zero-order valence-corrected chi connectivity index (χ0v) is 14.5. The molecule has 0 saturated heterocycles. The number of carbonyl (C=O) groups excluding carboxylic acids is 2. The second-order valence-corrected chi connectivity index (χ2v) is 6.48. The Morgan fingerprint density at radius 1 is 1.12 bits per heavy atom. The number of halogens is 1. The molecule has 1 fully saturated rings. The largest absolute Gasteiger partial charge is 0.352 e. The fourth-order valence-corrected chi connectivity index (χ4v) is 3.14. The van der Waals surface area contributed by atoms with Gasteiger partial charge in [0.15, 0.2) is 0 Å². The van der Waals surface area contributed by atoms with E-state index in [4.69, 9.17) is 0 Å². The van der Waals surface area contributed by atoms with E-state index in [1.807, 2.05) is 0 Å². The number of hydrogen-bond donors (Lipinski definition) is 2. The van der Waals surface area contributed by atoms with Crippen LogP contribution in [0.4, 0.5) is 4.39 Å². The number of nitrogens with one attached hydrogen (secondary N) is 2. The Labute approximate surface area is 152 Å². The van der Waals surface area contributed by atoms with Gasteiger partial charge in [-0.1, -0.05) is 31.0 Å². The van der Waals surface area contributed by atoms with Crippen LogP contribution in [0.15, 0.2) is 42.6 Å². The van der Waals surface area contributed by atoms with Gasteiger partial charge in [0.1, 0.15) is 11.5 Å². The van der Waals surface area contributed by atoms with Gasteiger partial charge in [-0.15, -0.1) is 0 Å². The van der Waals surface area contributed by atoms with E-state index in [-0.39, 0.29) is 29.4 Å². The number of amides is 2. The summed E-state index contributed by atoms with van der Waals surface area (Å²) in [6, 6.07) is 9.73. The zero-order valence-electron chi connectivity index (χ0n) is 14.5. The molecule has 2 N–H and O–H groups in total. The lowest BCUT2D eigenvalue weighted by atomic mass is 10.1. The normalized spacial score (nSPS) is 14.2. The number of hydrogen-bond acceptors (Lipinski definition) is 3. The molecule has 136 valence electrons. The minimum atomic E-state index is -0.307. The maximum Gasteiger partial charge on any atom is 0.270 e. The summed E-state index contributed by atoms with van der Waals surface area (Å²) in [5, 5.41) is 5.71. The predicted octanol–water partition coefficient (Wildman–Crippen LogP) is 2.87. The Morgan fingerprint density at radius 3 is 2.65 bits per heavy atom. The third-order valence-corrected chi connectivity index (χ3v) is 4.58. The van der Waals surface area contributed by atoms with Crippen molar-refractivity contribution >= 4 is 11.8 Å². The van der Waals surface area contributed by atoms with E-state index in [0.717, 1.165) is 25.7 Å². The molecule has 1 heterocycles. The highest BCUT2D eigenvalue weighted by molar-refractivity contribution is 5.98.